The molecule has 0 unspecified atom stereocenters. The predicted molar refractivity (Wildman–Crippen MR) is 116 cm³/mol. The van der Waals surface area contributed by atoms with E-state index >= 15 is 0 Å². The molecule has 0 aliphatic heterocycles. The second-order valence-electron chi connectivity index (χ2n) is 6.85. The molecule has 4 rings (SSSR count). The summed E-state index contributed by atoms with van der Waals surface area (Å²) in [6.45, 7) is 0.435. The fourth-order valence-electron chi connectivity index (χ4n) is 3.36. The Hall–Kier alpha value is -3.48. The highest BCUT2D eigenvalue weighted by Gasteiger charge is 2.10. The third-order valence-corrected chi connectivity index (χ3v) is 5.27. The molecule has 1 amide bonds. The minimum absolute atomic E-state index is 0.189. The number of amides is 1. The molecule has 4 aromatic rings. The van der Waals surface area contributed by atoms with Gasteiger partial charge in [-0.15, -0.1) is 0 Å². The molecule has 1 aromatic heterocycles. The van der Waals surface area contributed by atoms with Gasteiger partial charge >= 0.3 is 0 Å². The van der Waals surface area contributed by atoms with Gasteiger partial charge < -0.3 is 0 Å². The third-order valence-electron chi connectivity index (χ3n) is 4.94. The van der Waals surface area contributed by atoms with Gasteiger partial charge in [0.15, 0.2) is 0 Å². The van der Waals surface area contributed by atoms with Gasteiger partial charge in [0.05, 0.1) is 17.2 Å². The Labute approximate surface area is 177 Å². The van der Waals surface area contributed by atoms with Crippen LogP contribution in [0.1, 0.15) is 15.9 Å². The fourth-order valence-corrected chi connectivity index (χ4v) is 3.61. The maximum atomic E-state index is 12.9. The van der Waals surface area contributed by atoms with Crippen molar-refractivity contribution >= 4 is 28.4 Å². The van der Waals surface area contributed by atoms with Crippen LogP contribution in [-0.4, -0.2) is 20.7 Å². The molecule has 0 saturated carbocycles. The summed E-state index contributed by atoms with van der Waals surface area (Å²) in [6.07, 6.45) is 2.14. The van der Waals surface area contributed by atoms with Crippen molar-refractivity contribution in [2.24, 2.45) is 0 Å². The molecule has 150 valence electrons. The first-order chi connectivity index (χ1) is 14.6. The standard InChI is InChI=1S/C23H18ClN3O3/c24-20-7-2-1-6-18(20)16-5-3-4-15(12-16)10-11-27-14-25-21-9-8-17(22(28)26-30)13-19(21)23(27)29/h1-9,12-14,30H,10-11H2,(H,26,28). The first-order valence-electron chi connectivity index (χ1n) is 9.34. The number of fused-ring (bicyclic) bond motifs is 1. The van der Waals surface area contributed by atoms with E-state index in [-0.39, 0.29) is 11.1 Å². The summed E-state index contributed by atoms with van der Waals surface area (Å²) in [4.78, 5) is 28.8. The zero-order chi connectivity index (χ0) is 21.1. The van der Waals surface area contributed by atoms with Gasteiger partial charge in [-0.3, -0.25) is 19.4 Å². The van der Waals surface area contributed by atoms with E-state index in [0.29, 0.717) is 28.9 Å². The maximum absolute atomic E-state index is 12.9. The zero-order valence-electron chi connectivity index (χ0n) is 15.9. The number of hydrogen-bond acceptors (Lipinski definition) is 4. The van der Waals surface area contributed by atoms with Crippen LogP contribution in [0.5, 0.6) is 0 Å². The molecular weight excluding hydrogens is 402 g/mol. The van der Waals surface area contributed by atoms with Crippen molar-refractivity contribution in [2.45, 2.75) is 13.0 Å². The fraction of sp³-hybridized carbons (Fsp3) is 0.0870. The molecule has 0 atom stereocenters. The SMILES string of the molecule is O=C(NO)c1ccc2ncn(CCc3cccc(-c4ccccc4Cl)c3)c(=O)c2c1. The molecule has 0 saturated heterocycles. The third kappa shape index (κ3) is 3.96. The average molecular weight is 420 g/mol. The van der Waals surface area contributed by atoms with Crippen molar-refractivity contribution in [3.63, 3.8) is 0 Å². The summed E-state index contributed by atoms with van der Waals surface area (Å²) < 4.78 is 1.52. The van der Waals surface area contributed by atoms with E-state index in [4.69, 9.17) is 16.8 Å². The lowest BCUT2D eigenvalue weighted by Gasteiger charge is -2.10. The summed E-state index contributed by atoms with van der Waals surface area (Å²) in [5, 5.41) is 9.82. The molecule has 0 bridgehead atoms. The molecule has 7 heteroatoms. The predicted octanol–water partition coefficient (Wildman–Crippen LogP) is 4.08. The molecule has 2 N–H and O–H groups in total. The molecule has 30 heavy (non-hydrogen) atoms. The highest BCUT2D eigenvalue weighted by atomic mass is 35.5. The van der Waals surface area contributed by atoms with E-state index < -0.39 is 5.91 Å². The van der Waals surface area contributed by atoms with Crippen molar-refractivity contribution in [1.82, 2.24) is 15.0 Å². The first-order valence-corrected chi connectivity index (χ1v) is 9.72. The second-order valence-corrected chi connectivity index (χ2v) is 7.25. The Bertz CT molecular complexity index is 1300. The van der Waals surface area contributed by atoms with E-state index in [2.05, 4.69) is 11.1 Å². The number of aromatic nitrogens is 2. The minimum atomic E-state index is -0.678. The van der Waals surface area contributed by atoms with Gasteiger partial charge in [-0.05, 0) is 41.8 Å². The number of carbonyl (C=O) groups excluding carboxylic acids is 1. The van der Waals surface area contributed by atoms with Crippen molar-refractivity contribution in [3.05, 3.63) is 99.6 Å². The average Bonchev–Trinajstić information content (AvgIpc) is 2.78. The number of hydrogen-bond donors (Lipinski definition) is 2. The van der Waals surface area contributed by atoms with Gasteiger partial charge in [-0.25, -0.2) is 10.5 Å². The molecule has 0 aliphatic rings. The number of hydroxylamine groups is 1. The van der Waals surface area contributed by atoms with E-state index in [1.165, 1.54) is 23.0 Å². The number of nitrogens with one attached hydrogen (secondary N) is 1. The van der Waals surface area contributed by atoms with Gasteiger partial charge in [0.25, 0.3) is 11.5 Å². The van der Waals surface area contributed by atoms with Crippen LogP contribution >= 0.6 is 11.6 Å². The van der Waals surface area contributed by atoms with E-state index in [0.717, 1.165) is 16.7 Å². The smallest absolute Gasteiger partial charge is 0.274 e. The van der Waals surface area contributed by atoms with Crippen molar-refractivity contribution in [2.75, 3.05) is 0 Å². The summed E-state index contributed by atoms with van der Waals surface area (Å²) in [7, 11) is 0. The number of aryl methyl sites for hydroxylation is 2. The Kier molecular flexibility index (Phi) is 5.61. The van der Waals surface area contributed by atoms with E-state index in [1.807, 2.05) is 42.5 Å². The Balaban J connectivity index is 1.60. The van der Waals surface area contributed by atoms with Crippen LogP contribution in [0.25, 0.3) is 22.0 Å². The minimum Gasteiger partial charge on any atom is -0.298 e. The lowest BCUT2D eigenvalue weighted by Crippen LogP contribution is -2.23. The molecule has 0 radical (unpaired) electrons. The Morgan fingerprint density at radius 3 is 2.70 bits per heavy atom. The highest BCUT2D eigenvalue weighted by Crippen LogP contribution is 2.28. The lowest BCUT2D eigenvalue weighted by molar-refractivity contribution is 0.0706. The summed E-state index contributed by atoms with van der Waals surface area (Å²) in [5.41, 5.74) is 5.05. The molecule has 3 aromatic carbocycles. The van der Waals surface area contributed by atoms with Gasteiger partial charge in [0.1, 0.15) is 0 Å². The van der Waals surface area contributed by atoms with Crippen LogP contribution in [0.15, 0.2) is 77.9 Å². The lowest BCUT2D eigenvalue weighted by atomic mass is 10.0. The van der Waals surface area contributed by atoms with Crippen LogP contribution in [0.2, 0.25) is 5.02 Å². The molecule has 1 heterocycles. The highest BCUT2D eigenvalue weighted by molar-refractivity contribution is 6.33. The van der Waals surface area contributed by atoms with E-state index in [1.54, 1.807) is 11.5 Å². The monoisotopic (exact) mass is 419 g/mol. The van der Waals surface area contributed by atoms with Crippen LogP contribution < -0.4 is 11.0 Å². The Morgan fingerprint density at radius 1 is 1.07 bits per heavy atom. The summed E-state index contributed by atoms with van der Waals surface area (Å²) >= 11 is 6.31. The van der Waals surface area contributed by atoms with Crippen molar-refractivity contribution in [3.8, 4) is 11.1 Å². The molecular formula is C23H18ClN3O3. The quantitative estimate of drug-likeness (QED) is 0.377. The topological polar surface area (TPSA) is 84.2 Å². The summed E-state index contributed by atoms with van der Waals surface area (Å²) in [5.74, 6) is -0.678. The number of carbonyl (C=O) groups is 1. The van der Waals surface area contributed by atoms with E-state index in [9.17, 15) is 9.59 Å². The largest absolute Gasteiger partial charge is 0.298 e. The summed E-state index contributed by atoms with van der Waals surface area (Å²) in [6, 6.07) is 20.2. The number of halogens is 1. The number of benzene rings is 3. The number of rotatable bonds is 5. The zero-order valence-corrected chi connectivity index (χ0v) is 16.6. The second kappa shape index (κ2) is 8.49. The van der Waals surface area contributed by atoms with Gasteiger partial charge in [-0.2, -0.15) is 0 Å². The van der Waals surface area contributed by atoms with Gasteiger partial charge in [0, 0.05) is 22.7 Å². The normalized spacial score (nSPS) is 10.9. The van der Waals surface area contributed by atoms with Crippen LogP contribution in [0, 0.1) is 0 Å². The molecule has 0 spiro atoms. The van der Waals surface area contributed by atoms with Crippen LogP contribution in [-0.2, 0) is 13.0 Å². The van der Waals surface area contributed by atoms with Crippen LogP contribution in [0.3, 0.4) is 0 Å². The molecule has 0 aliphatic carbocycles. The maximum Gasteiger partial charge on any atom is 0.274 e. The first kappa shape index (κ1) is 19.8. The van der Waals surface area contributed by atoms with Crippen LogP contribution in [0.4, 0.5) is 0 Å². The molecule has 6 nitrogen and oxygen atoms in total. The van der Waals surface area contributed by atoms with Crippen molar-refractivity contribution < 1.29 is 10.0 Å². The van der Waals surface area contributed by atoms with Crippen molar-refractivity contribution in [1.29, 1.82) is 0 Å². The van der Waals surface area contributed by atoms with Gasteiger partial charge in [-0.1, -0.05) is 54.1 Å². The molecule has 0 fully saturated rings. The Morgan fingerprint density at radius 2 is 1.90 bits per heavy atom. The number of nitrogens with zero attached hydrogens (tertiary/aromatic N) is 2. The van der Waals surface area contributed by atoms with Gasteiger partial charge in [0.2, 0.25) is 0 Å².